The minimum absolute atomic E-state index is 0.302. The van der Waals surface area contributed by atoms with Crippen molar-refractivity contribution in [2.24, 2.45) is 0 Å². The number of aliphatic hydroxyl groups excluding tert-OH is 1. The van der Waals surface area contributed by atoms with Gasteiger partial charge in [-0.2, -0.15) is 0 Å². The first-order chi connectivity index (χ1) is 10.4. The van der Waals surface area contributed by atoms with E-state index in [0.717, 1.165) is 4.88 Å². The average Bonchev–Trinajstić information content (AvgIpc) is 2.88. The molecule has 2 atom stereocenters. The topological polar surface area (TPSA) is 58.6 Å². The quantitative estimate of drug-likeness (QED) is 0.889. The normalized spacial score (nSPS) is 13.5. The Morgan fingerprint density at radius 2 is 2.00 bits per heavy atom. The highest BCUT2D eigenvalue weighted by Gasteiger charge is 2.22. The number of methoxy groups -OCH3 is 1. The van der Waals surface area contributed by atoms with E-state index in [4.69, 9.17) is 4.74 Å². The Kier molecular flexibility index (Phi) is 5.15. The number of carbonyl (C=O) groups is 1. The van der Waals surface area contributed by atoms with Crippen molar-refractivity contribution in [3.05, 3.63) is 51.5 Å². The van der Waals surface area contributed by atoms with Crippen molar-refractivity contribution in [3.8, 4) is 5.75 Å². The first-order valence-corrected chi connectivity index (χ1v) is 7.63. The third-order valence-electron chi connectivity index (χ3n) is 3.29. The Morgan fingerprint density at radius 3 is 2.59 bits per heavy atom. The first kappa shape index (κ1) is 16.5. The van der Waals surface area contributed by atoms with Crippen molar-refractivity contribution in [2.75, 3.05) is 7.11 Å². The van der Waals surface area contributed by atoms with Gasteiger partial charge in [0.2, 0.25) is 0 Å². The summed E-state index contributed by atoms with van der Waals surface area (Å²) in [7, 11) is 1.51. The Balaban J connectivity index is 2.08. The second kappa shape index (κ2) is 6.89. The molecule has 6 heteroatoms. The van der Waals surface area contributed by atoms with Gasteiger partial charge in [0.25, 0.3) is 5.91 Å². The maximum Gasteiger partial charge on any atom is 0.265 e. The van der Waals surface area contributed by atoms with E-state index in [1.807, 2.05) is 6.92 Å². The van der Waals surface area contributed by atoms with E-state index in [-0.39, 0.29) is 11.7 Å². The number of hydrogen-bond acceptors (Lipinski definition) is 4. The monoisotopic (exact) mass is 323 g/mol. The predicted octanol–water partition coefficient (Wildman–Crippen LogP) is 3.06. The predicted molar refractivity (Wildman–Crippen MR) is 83.9 cm³/mol. The fraction of sp³-hybridized carbons (Fsp3) is 0.312. The third kappa shape index (κ3) is 3.64. The van der Waals surface area contributed by atoms with Crippen LogP contribution in [-0.2, 0) is 0 Å². The molecule has 0 aliphatic heterocycles. The summed E-state index contributed by atoms with van der Waals surface area (Å²) in [5, 5.41) is 13.0. The number of carbonyl (C=O) groups excluding carboxylic acids is 1. The lowest BCUT2D eigenvalue weighted by Crippen LogP contribution is -2.36. The minimum atomic E-state index is -0.920. The Hall–Kier alpha value is -1.92. The standard InChI is InChI=1S/C16H18FNO3S/c1-9-8-13(21-3)15(22-9)16(20)18-10(2)14(19)11-4-6-12(17)7-5-11/h4-8,10,14,19H,1-3H3,(H,18,20). The molecule has 0 saturated heterocycles. The van der Waals surface area contributed by atoms with Crippen LogP contribution in [0.3, 0.4) is 0 Å². The fourth-order valence-electron chi connectivity index (χ4n) is 2.10. The van der Waals surface area contributed by atoms with E-state index in [2.05, 4.69) is 5.32 Å². The van der Waals surface area contributed by atoms with Gasteiger partial charge in [0.1, 0.15) is 16.4 Å². The number of nitrogens with one attached hydrogen (secondary N) is 1. The largest absolute Gasteiger partial charge is 0.495 e. The average molecular weight is 323 g/mol. The highest BCUT2D eigenvalue weighted by Crippen LogP contribution is 2.29. The van der Waals surface area contributed by atoms with E-state index < -0.39 is 12.1 Å². The second-order valence-electron chi connectivity index (χ2n) is 5.01. The Bertz CT molecular complexity index is 654. The number of benzene rings is 1. The molecule has 118 valence electrons. The molecule has 2 unspecified atom stereocenters. The van der Waals surface area contributed by atoms with E-state index >= 15 is 0 Å². The molecule has 0 aliphatic carbocycles. The van der Waals surface area contributed by atoms with Crippen LogP contribution in [0.15, 0.2) is 30.3 Å². The van der Waals surface area contributed by atoms with Crippen LogP contribution < -0.4 is 10.1 Å². The number of thiophene rings is 1. The fourth-order valence-corrected chi connectivity index (χ4v) is 2.98. The van der Waals surface area contributed by atoms with Crippen molar-refractivity contribution in [2.45, 2.75) is 26.0 Å². The molecule has 2 N–H and O–H groups in total. The van der Waals surface area contributed by atoms with Crippen molar-refractivity contribution in [1.82, 2.24) is 5.32 Å². The van der Waals surface area contributed by atoms with Gasteiger partial charge in [0.05, 0.1) is 19.3 Å². The number of aryl methyl sites for hydroxylation is 1. The molecule has 4 nitrogen and oxygen atoms in total. The summed E-state index contributed by atoms with van der Waals surface area (Å²) in [6.07, 6.45) is -0.920. The molecule has 0 spiro atoms. The smallest absolute Gasteiger partial charge is 0.265 e. The first-order valence-electron chi connectivity index (χ1n) is 6.81. The van der Waals surface area contributed by atoms with Gasteiger partial charge in [0.15, 0.2) is 0 Å². The zero-order valence-corrected chi connectivity index (χ0v) is 13.4. The molecule has 22 heavy (non-hydrogen) atoms. The van der Waals surface area contributed by atoms with E-state index in [1.54, 1.807) is 13.0 Å². The summed E-state index contributed by atoms with van der Waals surface area (Å²) in [5.74, 6) is -0.154. The van der Waals surface area contributed by atoms with Crippen molar-refractivity contribution < 1.29 is 19.0 Å². The molecule has 0 fully saturated rings. The minimum Gasteiger partial charge on any atom is -0.495 e. The van der Waals surface area contributed by atoms with Crippen LogP contribution in [0.1, 0.15) is 33.1 Å². The molecule has 1 aromatic carbocycles. The van der Waals surface area contributed by atoms with E-state index in [9.17, 15) is 14.3 Å². The van der Waals surface area contributed by atoms with Crippen LogP contribution in [0.5, 0.6) is 5.75 Å². The third-order valence-corrected chi connectivity index (χ3v) is 4.32. The SMILES string of the molecule is COc1cc(C)sc1C(=O)NC(C)C(O)c1ccc(F)cc1. The van der Waals surface area contributed by atoms with Crippen LogP contribution in [0.25, 0.3) is 0 Å². The van der Waals surface area contributed by atoms with Crippen molar-refractivity contribution in [1.29, 1.82) is 0 Å². The molecule has 1 aromatic heterocycles. The number of ether oxygens (including phenoxy) is 1. The highest BCUT2D eigenvalue weighted by atomic mass is 32.1. The van der Waals surface area contributed by atoms with Gasteiger partial charge in [-0.3, -0.25) is 4.79 Å². The van der Waals surface area contributed by atoms with Crippen molar-refractivity contribution >= 4 is 17.2 Å². The number of rotatable bonds is 5. The van der Waals surface area contributed by atoms with Crippen molar-refractivity contribution in [3.63, 3.8) is 0 Å². The Labute approximate surface area is 132 Å². The summed E-state index contributed by atoms with van der Waals surface area (Å²) in [6.45, 7) is 3.58. The summed E-state index contributed by atoms with van der Waals surface area (Å²) < 4.78 is 18.1. The molecule has 0 aliphatic rings. The second-order valence-corrected chi connectivity index (χ2v) is 6.27. The van der Waals surface area contributed by atoms with Crippen LogP contribution in [0.4, 0.5) is 4.39 Å². The molecule has 0 radical (unpaired) electrons. The molecular formula is C16H18FNO3S. The molecule has 2 rings (SSSR count). The number of amides is 1. The number of halogens is 1. The van der Waals surface area contributed by atoms with E-state index in [1.165, 1.54) is 42.7 Å². The molecule has 2 aromatic rings. The lowest BCUT2D eigenvalue weighted by atomic mass is 10.0. The van der Waals surface area contributed by atoms with Crippen LogP contribution in [0, 0.1) is 12.7 Å². The van der Waals surface area contributed by atoms with Gasteiger partial charge in [0, 0.05) is 4.88 Å². The lowest BCUT2D eigenvalue weighted by Gasteiger charge is -2.20. The summed E-state index contributed by atoms with van der Waals surface area (Å²) in [6, 6.07) is 6.82. The summed E-state index contributed by atoms with van der Waals surface area (Å²) in [4.78, 5) is 13.7. The van der Waals surface area contributed by atoms with Crippen LogP contribution >= 0.6 is 11.3 Å². The molecule has 0 saturated carbocycles. The number of hydrogen-bond donors (Lipinski definition) is 2. The van der Waals surface area contributed by atoms with Gasteiger partial charge in [-0.25, -0.2) is 4.39 Å². The lowest BCUT2D eigenvalue weighted by molar-refractivity contribution is 0.0853. The van der Waals surface area contributed by atoms with Gasteiger partial charge in [-0.15, -0.1) is 11.3 Å². The highest BCUT2D eigenvalue weighted by molar-refractivity contribution is 7.14. The molecule has 1 amide bonds. The maximum absolute atomic E-state index is 12.9. The molecule has 1 heterocycles. The van der Waals surface area contributed by atoms with Crippen LogP contribution in [-0.4, -0.2) is 24.2 Å². The zero-order valence-electron chi connectivity index (χ0n) is 12.6. The van der Waals surface area contributed by atoms with E-state index in [0.29, 0.717) is 16.2 Å². The Morgan fingerprint density at radius 1 is 1.36 bits per heavy atom. The molecular weight excluding hydrogens is 305 g/mol. The number of aliphatic hydroxyl groups is 1. The van der Waals surface area contributed by atoms with Gasteiger partial charge in [-0.05, 0) is 37.6 Å². The van der Waals surface area contributed by atoms with Gasteiger partial charge >= 0.3 is 0 Å². The summed E-state index contributed by atoms with van der Waals surface area (Å²) >= 11 is 1.33. The van der Waals surface area contributed by atoms with Gasteiger partial charge < -0.3 is 15.2 Å². The van der Waals surface area contributed by atoms with Crippen LogP contribution in [0.2, 0.25) is 0 Å². The van der Waals surface area contributed by atoms with Gasteiger partial charge in [-0.1, -0.05) is 12.1 Å². The maximum atomic E-state index is 12.9. The zero-order chi connectivity index (χ0) is 16.3. The molecule has 0 bridgehead atoms. The summed E-state index contributed by atoms with van der Waals surface area (Å²) in [5.41, 5.74) is 0.545.